The van der Waals surface area contributed by atoms with Gasteiger partial charge in [-0.25, -0.2) is 0 Å². The molecule has 0 bridgehead atoms. The van der Waals surface area contributed by atoms with E-state index in [-0.39, 0.29) is 17.7 Å². The van der Waals surface area contributed by atoms with E-state index >= 15 is 0 Å². The van der Waals surface area contributed by atoms with Gasteiger partial charge in [0.05, 0.1) is 21.3 Å². The number of piperazine rings is 1. The summed E-state index contributed by atoms with van der Waals surface area (Å²) in [5.74, 6) is 2.45. The second kappa shape index (κ2) is 10.5. The second-order valence-electron chi connectivity index (χ2n) is 7.82. The Morgan fingerprint density at radius 1 is 1.00 bits per heavy atom. The smallest absolute Gasteiger partial charge is 0.223 e. The van der Waals surface area contributed by atoms with Gasteiger partial charge in [0.2, 0.25) is 17.6 Å². The maximum atomic E-state index is 12.5. The summed E-state index contributed by atoms with van der Waals surface area (Å²) in [6.45, 7) is 4.34. The predicted molar refractivity (Wildman–Crippen MR) is 113 cm³/mol. The molecule has 1 aromatic rings. The van der Waals surface area contributed by atoms with Crippen LogP contribution in [0.15, 0.2) is 12.1 Å². The van der Waals surface area contributed by atoms with E-state index in [1.54, 1.807) is 21.3 Å². The molecule has 2 fully saturated rings. The number of amides is 2. The maximum absolute atomic E-state index is 12.5. The summed E-state index contributed by atoms with van der Waals surface area (Å²) in [6.07, 6.45) is 3.18. The van der Waals surface area contributed by atoms with Crippen molar-refractivity contribution in [2.24, 2.45) is 5.92 Å². The van der Waals surface area contributed by atoms with Crippen LogP contribution in [0.25, 0.3) is 0 Å². The highest BCUT2D eigenvalue weighted by Crippen LogP contribution is 2.40. The Morgan fingerprint density at radius 2 is 1.70 bits per heavy atom. The first kappa shape index (κ1) is 22.2. The van der Waals surface area contributed by atoms with Gasteiger partial charge in [-0.2, -0.15) is 0 Å². The molecule has 1 aliphatic heterocycles. The topological polar surface area (TPSA) is 80.3 Å². The number of carbonyl (C=O) groups excluding carboxylic acids is 2. The first-order valence-corrected chi connectivity index (χ1v) is 10.6. The Labute approximate surface area is 178 Å². The molecule has 2 amide bonds. The van der Waals surface area contributed by atoms with E-state index in [1.165, 1.54) is 0 Å². The van der Waals surface area contributed by atoms with E-state index in [9.17, 15) is 9.59 Å². The molecule has 1 heterocycles. The standard InChI is InChI=1S/C22H33N3O5/c1-28-18-9-8-17(20(29-2)21(18)30-3)15-24-11-13-25(14-12-24)19(26)5-4-10-23-22(27)16-6-7-16/h8-9,16H,4-7,10-15H2,1-3H3,(H,23,27). The minimum Gasteiger partial charge on any atom is -0.493 e. The average Bonchev–Trinajstić information content (AvgIpc) is 3.62. The van der Waals surface area contributed by atoms with Crippen molar-refractivity contribution in [3.8, 4) is 17.2 Å². The third-order valence-corrected chi connectivity index (χ3v) is 5.72. The van der Waals surface area contributed by atoms with Gasteiger partial charge in [-0.15, -0.1) is 0 Å². The minimum absolute atomic E-state index is 0.140. The number of hydrogen-bond acceptors (Lipinski definition) is 6. The Bertz CT molecular complexity index is 743. The van der Waals surface area contributed by atoms with Crippen LogP contribution in [0.4, 0.5) is 0 Å². The molecule has 0 radical (unpaired) electrons. The van der Waals surface area contributed by atoms with Crippen LogP contribution < -0.4 is 19.5 Å². The van der Waals surface area contributed by atoms with Gasteiger partial charge in [0.25, 0.3) is 0 Å². The number of benzene rings is 1. The van der Waals surface area contributed by atoms with E-state index in [0.717, 1.165) is 38.0 Å². The van der Waals surface area contributed by atoms with Crippen LogP contribution >= 0.6 is 0 Å². The number of ether oxygens (including phenoxy) is 3. The van der Waals surface area contributed by atoms with Crippen LogP contribution in [0.5, 0.6) is 17.2 Å². The molecule has 1 saturated carbocycles. The first-order chi connectivity index (χ1) is 14.6. The average molecular weight is 420 g/mol. The molecular formula is C22H33N3O5. The molecule has 2 aliphatic rings. The Hall–Kier alpha value is -2.48. The number of carbonyl (C=O) groups is 2. The fourth-order valence-electron chi connectivity index (χ4n) is 3.78. The third kappa shape index (κ3) is 5.56. The Kier molecular flexibility index (Phi) is 7.79. The fraction of sp³-hybridized carbons (Fsp3) is 0.636. The van der Waals surface area contributed by atoms with Gasteiger partial charge < -0.3 is 24.4 Å². The largest absolute Gasteiger partial charge is 0.493 e. The summed E-state index contributed by atoms with van der Waals surface area (Å²) in [7, 11) is 4.84. The summed E-state index contributed by atoms with van der Waals surface area (Å²) in [5.41, 5.74) is 1.03. The summed E-state index contributed by atoms with van der Waals surface area (Å²) >= 11 is 0. The fourth-order valence-corrected chi connectivity index (χ4v) is 3.78. The first-order valence-electron chi connectivity index (χ1n) is 10.6. The van der Waals surface area contributed by atoms with Crippen molar-refractivity contribution < 1.29 is 23.8 Å². The highest BCUT2D eigenvalue weighted by Gasteiger charge is 2.29. The van der Waals surface area contributed by atoms with Crippen molar-refractivity contribution in [1.82, 2.24) is 15.1 Å². The Balaban J connectivity index is 1.44. The zero-order chi connectivity index (χ0) is 21.5. The van der Waals surface area contributed by atoms with Crippen molar-refractivity contribution in [3.63, 3.8) is 0 Å². The molecule has 1 saturated heterocycles. The lowest BCUT2D eigenvalue weighted by Crippen LogP contribution is -2.48. The molecule has 30 heavy (non-hydrogen) atoms. The van der Waals surface area contributed by atoms with Crippen LogP contribution in [-0.2, 0) is 16.1 Å². The number of rotatable bonds is 10. The molecular weight excluding hydrogens is 386 g/mol. The molecule has 0 unspecified atom stereocenters. The molecule has 1 N–H and O–H groups in total. The number of methoxy groups -OCH3 is 3. The summed E-state index contributed by atoms with van der Waals surface area (Å²) in [4.78, 5) is 28.3. The van der Waals surface area contributed by atoms with Crippen LogP contribution in [-0.4, -0.2) is 75.7 Å². The normalized spacial score (nSPS) is 16.8. The molecule has 1 aromatic carbocycles. The summed E-state index contributed by atoms with van der Waals surface area (Å²) in [5, 5.41) is 2.92. The lowest BCUT2D eigenvalue weighted by atomic mass is 10.1. The van der Waals surface area contributed by atoms with Gasteiger partial charge in [0, 0.05) is 57.2 Å². The van der Waals surface area contributed by atoms with Crippen LogP contribution in [0.1, 0.15) is 31.2 Å². The number of nitrogens with zero attached hydrogens (tertiary/aromatic N) is 2. The minimum atomic E-state index is 0.140. The van der Waals surface area contributed by atoms with Crippen LogP contribution in [0.3, 0.4) is 0 Å². The molecule has 166 valence electrons. The zero-order valence-electron chi connectivity index (χ0n) is 18.2. The highest BCUT2D eigenvalue weighted by atomic mass is 16.5. The zero-order valence-corrected chi connectivity index (χ0v) is 18.2. The third-order valence-electron chi connectivity index (χ3n) is 5.72. The molecule has 3 rings (SSSR count). The molecule has 8 heteroatoms. The van der Waals surface area contributed by atoms with Gasteiger partial charge in [-0.1, -0.05) is 6.07 Å². The number of hydrogen-bond donors (Lipinski definition) is 1. The number of nitrogens with one attached hydrogen (secondary N) is 1. The second-order valence-corrected chi connectivity index (χ2v) is 7.82. The van der Waals surface area contributed by atoms with Crippen molar-refractivity contribution in [2.75, 3.05) is 54.1 Å². The van der Waals surface area contributed by atoms with Gasteiger partial charge in [0.1, 0.15) is 0 Å². The Morgan fingerprint density at radius 3 is 2.30 bits per heavy atom. The molecule has 8 nitrogen and oxygen atoms in total. The van der Waals surface area contributed by atoms with Gasteiger partial charge in [-0.3, -0.25) is 14.5 Å². The van der Waals surface area contributed by atoms with Gasteiger partial charge in [0.15, 0.2) is 11.5 Å². The van der Waals surface area contributed by atoms with E-state index in [2.05, 4.69) is 10.2 Å². The molecule has 0 spiro atoms. The molecule has 1 aliphatic carbocycles. The molecule has 0 atom stereocenters. The lowest BCUT2D eigenvalue weighted by Gasteiger charge is -2.35. The van der Waals surface area contributed by atoms with E-state index in [0.29, 0.717) is 49.7 Å². The van der Waals surface area contributed by atoms with Gasteiger partial charge >= 0.3 is 0 Å². The van der Waals surface area contributed by atoms with Crippen molar-refractivity contribution >= 4 is 11.8 Å². The van der Waals surface area contributed by atoms with E-state index < -0.39 is 0 Å². The van der Waals surface area contributed by atoms with Crippen molar-refractivity contribution in [3.05, 3.63) is 17.7 Å². The van der Waals surface area contributed by atoms with Gasteiger partial charge in [-0.05, 0) is 25.3 Å². The van der Waals surface area contributed by atoms with Crippen molar-refractivity contribution in [2.45, 2.75) is 32.2 Å². The monoisotopic (exact) mass is 419 g/mol. The maximum Gasteiger partial charge on any atom is 0.223 e. The SMILES string of the molecule is COc1ccc(CN2CCN(C(=O)CCCNC(=O)C3CC3)CC2)c(OC)c1OC. The van der Waals surface area contributed by atoms with Crippen molar-refractivity contribution in [1.29, 1.82) is 0 Å². The van der Waals surface area contributed by atoms with E-state index in [4.69, 9.17) is 14.2 Å². The highest BCUT2D eigenvalue weighted by molar-refractivity contribution is 5.81. The van der Waals surface area contributed by atoms with Crippen LogP contribution in [0, 0.1) is 5.92 Å². The lowest BCUT2D eigenvalue weighted by molar-refractivity contribution is -0.133. The molecule has 0 aromatic heterocycles. The predicted octanol–water partition coefficient (Wildman–Crippen LogP) is 1.66. The van der Waals surface area contributed by atoms with Crippen LogP contribution in [0.2, 0.25) is 0 Å². The van der Waals surface area contributed by atoms with E-state index in [1.807, 2.05) is 17.0 Å². The summed E-state index contributed by atoms with van der Waals surface area (Å²) in [6, 6.07) is 3.88. The quantitative estimate of drug-likeness (QED) is 0.581. The summed E-state index contributed by atoms with van der Waals surface area (Å²) < 4.78 is 16.4.